The predicted octanol–water partition coefficient (Wildman–Crippen LogP) is 3.37. The Morgan fingerprint density at radius 1 is 1.00 bits per heavy atom. The van der Waals surface area contributed by atoms with Gasteiger partial charge in [0.1, 0.15) is 6.04 Å². The third-order valence-corrected chi connectivity index (χ3v) is 6.25. The number of rotatable bonds is 2. The summed E-state index contributed by atoms with van der Waals surface area (Å²) in [5.41, 5.74) is 0.447. The first kappa shape index (κ1) is 20.7. The number of amides is 2. The first-order valence-electron chi connectivity index (χ1n) is 9.34. The zero-order chi connectivity index (χ0) is 18.3. The van der Waals surface area contributed by atoms with Gasteiger partial charge < -0.3 is 15.1 Å². The van der Waals surface area contributed by atoms with Crippen LogP contribution in [0.25, 0.3) is 0 Å². The molecule has 0 aromatic heterocycles. The molecule has 1 aromatic carbocycles. The smallest absolute Gasteiger partial charge is 0.254 e. The van der Waals surface area contributed by atoms with Gasteiger partial charge in [-0.05, 0) is 56.8 Å². The maximum absolute atomic E-state index is 13.3. The van der Waals surface area contributed by atoms with Crippen molar-refractivity contribution in [2.24, 2.45) is 0 Å². The lowest BCUT2D eigenvalue weighted by Crippen LogP contribution is -2.52. The molecular formula is C19H24Cl3N3O2. The van der Waals surface area contributed by atoms with Crippen molar-refractivity contribution in [1.29, 1.82) is 0 Å². The van der Waals surface area contributed by atoms with E-state index in [9.17, 15) is 9.59 Å². The Morgan fingerprint density at radius 2 is 1.70 bits per heavy atom. The highest BCUT2D eigenvalue weighted by Gasteiger charge is 2.44. The minimum Gasteiger partial charge on any atom is -0.334 e. The summed E-state index contributed by atoms with van der Waals surface area (Å²) in [7, 11) is 0. The minimum atomic E-state index is -0.374. The van der Waals surface area contributed by atoms with Gasteiger partial charge in [0.25, 0.3) is 5.91 Å². The van der Waals surface area contributed by atoms with Crippen molar-refractivity contribution in [1.82, 2.24) is 15.1 Å². The van der Waals surface area contributed by atoms with Gasteiger partial charge in [0, 0.05) is 40.8 Å². The molecule has 148 valence electrons. The molecule has 2 bridgehead atoms. The van der Waals surface area contributed by atoms with E-state index in [4.69, 9.17) is 23.2 Å². The fourth-order valence-electron chi connectivity index (χ4n) is 4.62. The molecule has 3 unspecified atom stereocenters. The van der Waals surface area contributed by atoms with Crippen LogP contribution in [-0.4, -0.2) is 59.4 Å². The Hall–Kier alpha value is -1.01. The third kappa shape index (κ3) is 4.07. The second kappa shape index (κ2) is 8.56. The molecule has 3 aliphatic heterocycles. The molecule has 0 aliphatic carbocycles. The molecule has 5 nitrogen and oxygen atoms in total. The zero-order valence-electron chi connectivity index (χ0n) is 15.0. The largest absolute Gasteiger partial charge is 0.334 e. The quantitative estimate of drug-likeness (QED) is 0.779. The van der Waals surface area contributed by atoms with E-state index in [0.717, 1.165) is 45.2 Å². The Labute approximate surface area is 175 Å². The predicted molar refractivity (Wildman–Crippen MR) is 109 cm³/mol. The Balaban J connectivity index is 0.00000210. The van der Waals surface area contributed by atoms with Crippen molar-refractivity contribution in [3.63, 3.8) is 0 Å². The highest BCUT2D eigenvalue weighted by molar-refractivity contribution is 6.35. The highest BCUT2D eigenvalue weighted by Crippen LogP contribution is 2.32. The molecule has 3 atom stereocenters. The third-order valence-electron chi connectivity index (χ3n) is 5.82. The van der Waals surface area contributed by atoms with Gasteiger partial charge in [0.2, 0.25) is 5.91 Å². The highest BCUT2D eigenvalue weighted by atomic mass is 35.5. The van der Waals surface area contributed by atoms with Crippen molar-refractivity contribution in [2.75, 3.05) is 19.6 Å². The topological polar surface area (TPSA) is 52.7 Å². The van der Waals surface area contributed by atoms with Gasteiger partial charge in [0.05, 0.1) is 0 Å². The SMILES string of the molecule is Cl.O=C(c1cc(Cl)cc(Cl)c1)N1CCCC1C(=O)N1C2CCNCC1CC2. The van der Waals surface area contributed by atoms with E-state index >= 15 is 0 Å². The van der Waals surface area contributed by atoms with Crippen LogP contribution in [0.4, 0.5) is 0 Å². The summed E-state index contributed by atoms with van der Waals surface area (Å²) in [6.45, 7) is 2.41. The van der Waals surface area contributed by atoms with Crippen molar-refractivity contribution in [3.8, 4) is 0 Å². The van der Waals surface area contributed by atoms with E-state index in [1.165, 1.54) is 0 Å². The summed E-state index contributed by atoms with van der Waals surface area (Å²) in [5.74, 6) is -0.0503. The minimum absolute atomic E-state index is 0. The van der Waals surface area contributed by atoms with Gasteiger partial charge in [-0.15, -0.1) is 12.4 Å². The molecule has 2 amide bonds. The monoisotopic (exact) mass is 431 g/mol. The number of nitrogens with zero attached hydrogens (tertiary/aromatic N) is 2. The lowest BCUT2D eigenvalue weighted by Gasteiger charge is -2.33. The summed E-state index contributed by atoms with van der Waals surface area (Å²) >= 11 is 12.1. The van der Waals surface area contributed by atoms with Gasteiger partial charge in [-0.1, -0.05) is 23.2 Å². The molecule has 3 fully saturated rings. The van der Waals surface area contributed by atoms with Crippen LogP contribution in [0, 0.1) is 0 Å². The summed E-state index contributed by atoms with van der Waals surface area (Å²) in [4.78, 5) is 30.1. The molecule has 3 aliphatic rings. The van der Waals surface area contributed by atoms with Gasteiger partial charge in [-0.2, -0.15) is 0 Å². The second-order valence-corrected chi connectivity index (χ2v) is 8.31. The molecule has 1 aromatic rings. The molecule has 8 heteroatoms. The molecule has 1 N–H and O–H groups in total. The Bertz CT molecular complexity index is 696. The fraction of sp³-hybridized carbons (Fsp3) is 0.579. The number of fused-ring (bicyclic) bond motifs is 2. The van der Waals surface area contributed by atoms with E-state index in [1.807, 2.05) is 0 Å². The number of nitrogens with one attached hydrogen (secondary N) is 1. The van der Waals surface area contributed by atoms with Crippen LogP contribution in [0.3, 0.4) is 0 Å². The maximum atomic E-state index is 13.3. The molecule has 3 saturated heterocycles. The number of halogens is 3. The van der Waals surface area contributed by atoms with Crippen LogP contribution >= 0.6 is 35.6 Å². The van der Waals surface area contributed by atoms with Crippen molar-refractivity contribution in [3.05, 3.63) is 33.8 Å². The van der Waals surface area contributed by atoms with Crippen LogP contribution < -0.4 is 5.32 Å². The van der Waals surface area contributed by atoms with Crippen LogP contribution in [0.15, 0.2) is 18.2 Å². The van der Waals surface area contributed by atoms with E-state index in [2.05, 4.69) is 10.2 Å². The van der Waals surface area contributed by atoms with Gasteiger partial charge in [0.15, 0.2) is 0 Å². The van der Waals surface area contributed by atoms with Crippen LogP contribution in [-0.2, 0) is 4.79 Å². The molecular weight excluding hydrogens is 409 g/mol. The molecule has 0 saturated carbocycles. The summed E-state index contributed by atoms with van der Waals surface area (Å²) in [5, 5.41) is 4.28. The lowest BCUT2D eigenvalue weighted by atomic mass is 10.1. The first-order valence-corrected chi connectivity index (χ1v) is 10.1. The molecule has 0 spiro atoms. The van der Waals surface area contributed by atoms with Crippen LogP contribution in [0.2, 0.25) is 10.0 Å². The Kier molecular flexibility index (Phi) is 6.57. The first-order chi connectivity index (χ1) is 12.5. The van der Waals surface area contributed by atoms with E-state index < -0.39 is 0 Å². The molecule has 27 heavy (non-hydrogen) atoms. The zero-order valence-corrected chi connectivity index (χ0v) is 17.3. The average molecular weight is 433 g/mol. The molecule has 0 radical (unpaired) electrons. The molecule has 4 rings (SSSR count). The van der Waals surface area contributed by atoms with E-state index in [-0.39, 0.29) is 36.3 Å². The number of hydrogen-bond acceptors (Lipinski definition) is 3. The lowest BCUT2D eigenvalue weighted by molar-refractivity contribution is -0.137. The number of carbonyl (C=O) groups is 2. The summed E-state index contributed by atoms with van der Waals surface area (Å²) < 4.78 is 0. The number of hydrogen-bond donors (Lipinski definition) is 1. The normalized spacial score (nSPS) is 27.3. The second-order valence-electron chi connectivity index (χ2n) is 7.44. The van der Waals surface area contributed by atoms with Crippen LogP contribution in [0.1, 0.15) is 42.5 Å². The van der Waals surface area contributed by atoms with Crippen LogP contribution in [0.5, 0.6) is 0 Å². The van der Waals surface area contributed by atoms with Gasteiger partial charge in [-0.3, -0.25) is 9.59 Å². The Morgan fingerprint density at radius 3 is 2.44 bits per heavy atom. The van der Waals surface area contributed by atoms with E-state index in [0.29, 0.717) is 28.2 Å². The number of benzene rings is 1. The summed E-state index contributed by atoms with van der Waals surface area (Å²) in [6, 6.07) is 5.04. The number of likely N-dealkylation sites (tertiary alicyclic amines) is 1. The van der Waals surface area contributed by atoms with E-state index in [1.54, 1.807) is 23.1 Å². The standard InChI is InChI=1S/C19H23Cl2N3O2.ClH/c20-13-8-12(9-14(21)10-13)18(25)23-7-1-2-17(23)19(26)24-15-3-4-16(24)11-22-6-5-15;/h8-10,15-17,22H,1-7,11H2;1H. The van der Waals surface area contributed by atoms with Crippen molar-refractivity contribution in [2.45, 2.75) is 50.2 Å². The van der Waals surface area contributed by atoms with Crippen molar-refractivity contribution >= 4 is 47.4 Å². The summed E-state index contributed by atoms with van der Waals surface area (Å²) in [6.07, 6.45) is 4.68. The average Bonchev–Trinajstić information content (AvgIpc) is 3.16. The van der Waals surface area contributed by atoms with Gasteiger partial charge >= 0.3 is 0 Å². The van der Waals surface area contributed by atoms with Gasteiger partial charge in [-0.25, -0.2) is 0 Å². The maximum Gasteiger partial charge on any atom is 0.254 e. The number of carbonyl (C=O) groups excluding carboxylic acids is 2. The van der Waals surface area contributed by atoms with Crippen molar-refractivity contribution < 1.29 is 9.59 Å². The fourth-order valence-corrected chi connectivity index (χ4v) is 5.15. The molecule has 3 heterocycles.